The molecule has 142 valence electrons. The summed E-state index contributed by atoms with van der Waals surface area (Å²) in [6, 6.07) is 21.6. The lowest BCUT2D eigenvalue weighted by atomic mass is 9.82. The lowest BCUT2D eigenvalue weighted by Gasteiger charge is -2.22. The van der Waals surface area contributed by atoms with Crippen molar-refractivity contribution in [2.75, 3.05) is 0 Å². The molecular weight excluding hydrogens is 372 g/mol. The highest BCUT2D eigenvalue weighted by Crippen LogP contribution is 2.36. The number of hydrogen-bond acceptors (Lipinski definition) is 3. The van der Waals surface area contributed by atoms with E-state index in [1.165, 1.54) is 32.2 Å². The predicted molar refractivity (Wildman–Crippen MR) is 124 cm³/mol. The number of benzene rings is 2. The van der Waals surface area contributed by atoms with Crippen LogP contribution in [-0.4, -0.2) is 9.97 Å². The Morgan fingerprint density at radius 1 is 0.793 bits per heavy atom. The number of fused-ring (bicyclic) bond motifs is 2. The molecule has 0 aliphatic heterocycles. The van der Waals surface area contributed by atoms with Crippen molar-refractivity contribution in [3.63, 3.8) is 0 Å². The molecule has 5 aromatic rings. The van der Waals surface area contributed by atoms with Crippen LogP contribution in [-0.2, 0) is 5.41 Å². The van der Waals surface area contributed by atoms with Crippen molar-refractivity contribution >= 4 is 32.3 Å². The molecule has 0 fully saturated rings. The summed E-state index contributed by atoms with van der Waals surface area (Å²) >= 11 is 1.74. The van der Waals surface area contributed by atoms with Crippen molar-refractivity contribution < 1.29 is 0 Å². The summed E-state index contributed by atoms with van der Waals surface area (Å²) in [6.45, 7) is 6.81. The second kappa shape index (κ2) is 6.78. The van der Waals surface area contributed by atoms with Crippen molar-refractivity contribution in [2.24, 2.45) is 0 Å². The Kier molecular flexibility index (Phi) is 4.21. The molecule has 2 nitrogen and oxygen atoms in total. The van der Waals surface area contributed by atoms with Gasteiger partial charge >= 0.3 is 0 Å². The molecule has 0 aliphatic rings. The standard InChI is InChI=1S/C26H22N2S/c1-26(2,3)22-15-19(14-17-6-4-5-7-20(17)22)24-16-18(8-11-28-24)21-9-12-27-23-10-13-29-25(21)23/h4-16H,1-3H3. The van der Waals surface area contributed by atoms with Crippen molar-refractivity contribution in [3.05, 3.63) is 84.0 Å². The number of rotatable bonds is 2. The van der Waals surface area contributed by atoms with Crippen LogP contribution in [0.25, 0.3) is 43.4 Å². The van der Waals surface area contributed by atoms with E-state index in [1.807, 2.05) is 12.4 Å². The van der Waals surface area contributed by atoms with Crippen LogP contribution in [0, 0.1) is 0 Å². The quantitative estimate of drug-likeness (QED) is 0.310. The zero-order chi connectivity index (χ0) is 20.0. The second-order valence-electron chi connectivity index (χ2n) is 8.42. The van der Waals surface area contributed by atoms with Crippen molar-refractivity contribution in [1.82, 2.24) is 9.97 Å². The van der Waals surface area contributed by atoms with E-state index in [0.29, 0.717) is 0 Å². The highest BCUT2D eigenvalue weighted by Gasteiger charge is 2.18. The first-order valence-electron chi connectivity index (χ1n) is 9.83. The van der Waals surface area contributed by atoms with Crippen LogP contribution >= 0.6 is 11.3 Å². The van der Waals surface area contributed by atoms with Gasteiger partial charge in [-0.2, -0.15) is 0 Å². The van der Waals surface area contributed by atoms with Gasteiger partial charge in [0.15, 0.2) is 0 Å². The van der Waals surface area contributed by atoms with Crippen LogP contribution in [0.5, 0.6) is 0 Å². The molecule has 2 aromatic carbocycles. The average molecular weight is 395 g/mol. The first-order valence-corrected chi connectivity index (χ1v) is 10.7. The Bertz CT molecular complexity index is 1340. The van der Waals surface area contributed by atoms with Crippen LogP contribution in [0.4, 0.5) is 0 Å². The van der Waals surface area contributed by atoms with Gasteiger partial charge in [0.25, 0.3) is 0 Å². The SMILES string of the molecule is CC(C)(C)c1cc(-c2cc(-c3ccnc4ccsc34)ccn2)cc2ccccc12. The third-order valence-corrected chi connectivity index (χ3v) is 6.32. The van der Waals surface area contributed by atoms with Crippen molar-refractivity contribution in [2.45, 2.75) is 26.2 Å². The van der Waals surface area contributed by atoms with E-state index in [1.54, 1.807) is 11.3 Å². The summed E-state index contributed by atoms with van der Waals surface area (Å²) in [7, 11) is 0. The summed E-state index contributed by atoms with van der Waals surface area (Å²) in [5, 5.41) is 4.67. The van der Waals surface area contributed by atoms with Gasteiger partial charge in [-0.1, -0.05) is 45.0 Å². The Hall–Kier alpha value is -3.04. The fourth-order valence-corrected chi connectivity index (χ4v) is 4.82. The maximum atomic E-state index is 4.72. The molecule has 0 radical (unpaired) electrons. The third-order valence-electron chi connectivity index (χ3n) is 5.38. The van der Waals surface area contributed by atoms with Gasteiger partial charge in [0, 0.05) is 23.5 Å². The normalized spacial score (nSPS) is 12.0. The van der Waals surface area contributed by atoms with E-state index in [-0.39, 0.29) is 5.41 Å². The molecule has 0 bridgehead atoms. The monoisotopic (exact) mass is 394 g/mol. The van der Waals surface area contributed by atoms with Crippen molar-refractivity contribution in [3.8, 4) is 22.4 Å². The average Bonchev–Trinajstić information content (AvgIpc) is 3.21. The van der Waals surface area contributed by atoms with Crippen LogP contribution in [0.1, 0.15) is 26.3 Å². The summed E-state index contributed by atoms with van der Waals surface area (Å²) in [5.74, 6) is 0. The topological polar surface area (TPSA) is 25.8 Å². The molecule has 29 heavy (non-hydrogen) atoms. The Balaban J connectivity index is 1.70. The third kappa shape index (κ3) is 3.22. The summed E-state index contributed by atoms with van der Waals surface area (Å²) < 4.78 is 1.22. The van der Waals surface area contributed by atoms with Gasteiger partial charge in [-0.3, -0.25) is 9.97 Å². The van der Waals surface area contributed by atoms with Gasteiger partial charge in [0.05, 0.1) is 15.9 Å². The molecule has 0 unspecified atom stereocenters. The van der Waals surface area contributed by atoms with Gasteiger partial charge in [-0.05, 0) is 69.1 Å². The second-order valence-corrected chi connectivity index (χ2v) is 9.33. The van der Waals surface area contributed by atoms with Gasteiger partial charge in [0.2, 0.25) is 0 Å². The van der Waals surface area contributed by atoms with E-state index in [9.17, 15) is 0 Å². The minimum absolute atomic E-state index is 0.0570. The Labute approximate surface area is 174 Å². The molecule has 5 rings (SSSR count). The zero-order valence-electron chi connectivity index (χ0n) is 16.8. The molecule has 0 N–H and O–H groups in total. The largest absolute Gasteiger partial charge is 0.256 e. The van der Waals surface area contributed by atoms with Gasteiger partial charge in [0.1, 0.15) is 0 Å². The maximum Gasteiger partial charge on any atom is 0.0815 e. The number of aromatic nitrogens is 2. The number of nitrogens with zero attached hydrogens (tertiary/aromatic N) is 2. The molecule has 3 heteroatoms. The molecule has 3 aromatic heterocycles. The Morgan fingerprint density at radius 2 is 1.62 bits per heavy atom. The fourth-order valence-electron chi connectivity index (χ4n) is 3.94. The van der Waals surface area contributed by atoms with Crippen LogP contribution in [0.15, 0.2) is 78.4 Å². The summed E-state index contributed by atoms with van der Waals surface area (Å²) in [6.07, 6.45) is 3.80. The van der Waals surface area contributed by atoms with Gasteiger partial charge in [-0.15, -0.1) is 11.3 Å². The molecule has 0 aliphatic carbocycles. The molecular formula is C26H22N2S. The van der Waals surface area contributed by atoms with Crippen molar-refractivity contribution in [1.29, 1.82) is 0 Å². The molecule has 3 heterocycles. The summed E-state index contributed by atoms with van der Waals surface area (Å²) in [5.41, 5.74) is 7.00. The lowest BCUT2D eigenvalue weighted by Crippen LogP contribution is -2.12. The zero-order valence-corrected chi connectivity index (χ0v) is 17.6. The number of thiophene rings is 1. The van der Waals surface area contributed by atoms with E-state index in [2.05, 4.69) is 91.8 Å². The molecule has 0 spiro atoms. The highest BCUT2D eigenvalue weighted by molar-refractivity contribution is 7.17. The smallest absolute Gasteiger partial charge is 0.0815 e. The fraction of sp³-hybridized carbons (Fsp3) is 0.154. The van der Waals surface area contributed by atoms with E-state index < -0.39 is 0 Å². The van der Waals surface area contributed by atoms with E-state index in [0.717, 1.165) is 16.8 Å². The van der Waals surface area contributed by atoms with Gasteiger partial charge in [-0.25, -0.2) is 0 Å². The highest BCUT2D eigenvalue weighted by atomic mass is 32.1. The minimum atomic E-state index is 0.0570. The van der Waals surface area contributed by atoms with Crippen LogP contribution in [0.2, 0.25) is 0 Å². The minimum Gasteiger partial charge on any atom is -0.256 e. The van der Waals surface area contributed by atoms with Crippen LogP contribution < -0.4 is 0 Å². The van der Waals surface area contributed by atoms with E-state index >= 15 is 0 Å². The lowest BCUT2D eigenvalue weighted by molar-refractivity contribution is 0.596. The Morgan fingerprint density at radius 3 is 2.48 bits per heavy atom. The van der Waals surface area contributed by atoms with E-state index in [4.69, 9.17) is 4.98 Å². The molecule has 0 saturated carbocycles. The molecule has 0 amide bonds. The molecule has 0 atom stereocenters. The predicted octanol–water partition coefficient (Wildman–Crippen LogP) is 7.48. The van der Waals surface area contributed by atoms with Crippen LogP contribution in [0.3, 0.4) is 0 Å². The number of pyridine rings is 2. The first kappa shape index (κ1) is 18.0. The number of hydrogen-bond donors (Lipinski definition) is 0. The summed E-state index contributed by atoms with van der Waals surface area (Å²) in [4.78, 5) is 9.20. The first-order chi connectivity index (χ1) is 14.0. The molecule has 0 saturated heterocycles. The van der Waals surface area contributed by atoms with Gasteiger partial charge < -0.3 is 0 Å². The maximum absolute atomic E-state index is 4.72.